The molecule has 1 aliphatic carbocycles. The van der Waals surface area contributed by atoms with Gasteiger partial charge in [-0.1, -0.05) is 0 Å². The first-order valence-electron chi connectivity index (χ1n) is 4.62. The van der Waals surface area contributed by atoms with Gasteiger partial charge in [-0.05, 0) is 31.4 Å². The third kappa shape index (κ3) is 1.69. The second-order valence-electron chi connectivity index (χ2n) is 3.33. The predicted molar refractivity (Wildman–Crippen MR) is 49.5 cm³/mol. The minimum absolute atomic E-state index is 0.000556. The van der Waals surface area contributed by atoms with Gasteiger partial charge < -0.3 is 9.84 Å². The number of nitrogens with zero attached hydrogens (tertiary/aromatic N) is 1. The first-order chi connectivity index (χ1) is 6.77. The summed E-state index contributed by atoms with van der Waals surface area (Å²) in [5.41, 5.74) is -0.000556. The molecule has 0 aliphatic heterocycles. The fourth-order valence-electron chi connectivity index (χ4n) is 1.31. The van der Waals surface area contributed by atoms with Crippen molar-refractivity contribution in [3.8, 4) is 5.75 Å². The number of hydrogen-bond donors (Lipinski definition) is 1. The average molecular weight is 193 g/mol. The van der Waals surface area contributed by atoms with Gasteiger partial charge >= 0.3 is 5.97 Å². The minimum Gasteiger partial charge on any atom is -0.488 e. The molecule has 0 radical (unpaired) electrons. The highest BCUT2D eigenvalue weighted by Crippen LogP contribution is 2.26. The predicted octanol–water partition coefficient (Wildman–Crippen LogP) is 1.71. The number of aromatic carboxylic acids is 1. The minimum atomic E-state index is -1.04. The largest absolute Gasteiger partial charge is 0.488 e. The van der Waals surface area contributed by atoms with Crippen LogP contribution in [0.25, 0.3) is 0 Å². The molecule has 0 bridgehead atoms. The van der Waals surface area contributed by atoms with Crippen molar-refractivity contribution in [2.45, 2.75) is 25.4 Å². The summed E-state index contributed by atoms with van der Waals surface area (Å²) < 4.78 is 5.50. The average Bonchev–Trinajstić information content (AvgIpc) is 2.12. The highest BCUT2D eigenvalue weighted by molar-refractivity contribution is 5.88. The van der Waals surface area contributed by atoms with E-state index in [9.17, 15) is 4.79 Å². The Balaban J connectivity index is 2.17. The summed E-state index contributed by atoms with van der Waals surface area (Å²) in [5, 5.41) is 8.83. The number of carbonyl (C=O) groups is 1. The molecule has 0 unspecified atom stereocenters. The highest BCUT2D eigenvalue weighted by atomic mass is 16.5. The summed E-state index contributed by atoms with van der Waals surface area (Å²) >= 11 is 0. The zero-order valence-corrected chi connectivity index (χ0v) is 7.64. The van der Waals surface area contributed by atoms with E-state index in [4.69, 9.17) is 9.84 Å². The standard InChI is InChI=1S/C10H11NO3/c12-10(13)9-8(5-2-6-11-9)14-7-3-1-4-7/h2,5-7H,1,3-4H2,(H,12,13). The number of carboxylic acid groups (broad SMARTS) is 1. The van der Waals surface area contributed by atoms with Crippen LogP contribution in [-0.4, -0.2) is 22.2 Å². The number of aromatic nitrogens is 1. The number of ether oxygens (including phenoxy) is 1. The lowest BCUT2D eigenvalue weighted by molar-refractivity contribution is 0.0671. The monoisotopic (exact) mass is 193 g/mol. The van der Waals surface area contributed by atoms with Crippen LogP contribution in [0.15, 0.2) is 18.3 Å². The molecule has 4 nitrogen and oxygen atoms in total. The van der Waals surface area contributed by atoms with Crippen LogP contribution in [0.3, 0.4) is 0 Å². The lowest BCUT2D eigenvalue weighted by Crippen LogP contribution is -2.25. The fraction of sp³-hybridized carbons (Fsp3) is 0.400. The molecule has 0 aromatic carbocycles. The number of pyridine rings is 1. The van der Waals surface area contributed by atoms with Gasteiger partial charge in [0.25, 0.3) is 0 Å². The van der Waals surface area contributed by atoms with E-state index in [1.165, 1.54) is 6.20 Å². The van der Waals surface area contributed by atoms with E-state index in [-0.39, 0.29) is 11.8 Å². The van der Waals surface area contributed by atoms with E-state index < -0.39 is 5.97 Å². The van der Waals surface area contributed by atoms with Crippen molar-refractivity contribution in [1.82, 2.24) is 4.98 Å². The molecule has 1 fully saturated rings. The van der Waals surface area contributed by atoms with Gasteiger partial charge in [0.15, 0.2) is 11.4 Å². The summed E-state index contributed by atoms with van der Waals surface area (Å²) in [4.78, 5) is 14.5. The van der Waals surface area contributed by atoms with Crippen molar-refractivity contribution in [2.24, 2.45) is 0 Å². The van der Waals surface area contributed by atoms with E-state index in [0.29, 0.717) is 5.75 Å². The van der Waals surface area contributed by atoms with Crippen molar-refractivity contribution < 1.29 is 14.6 Å². The molecular formula is C10H11NO3. The van der Waals surface area contributed by atoms with Gasteiger partial charge in [-0.2, -0.15) is 0 Å². The van der Waals surface area contributed by atoms with Crippen molar-refractivity contribution in [1.29, 1.82) is 0 Å². The normalized spacial score (nSPS) is 16.0. The van der Waals surface area contributed by atoms with E-state index >= 15 is 0 Å². The Morgan fingerprint density at radius 2 is 2.36 bits per heavy atom. The van der Waals surface area contributed by atoms with Crippen LogP contribution in [-0.2, 0) is 0 Å². The molecule has 0 spiro atoms. The maximum absolute atomic E-state index is 10.8. The molecule has 1 N–H and O–H groups in total. The molecule has 1 aromatic rings. The Hall–Kier alpha value is -1.58. The smallest absolute Gasteiger partial charge is 0.358 e. The van der Waals surface area contributed by atoms with Crippen molar-refractivity contribution in [3.05, 3.63) is 24.0 Å². The summed E-state index contributed by atoms with van der Waals surface area (Å²) in [6.07, 6.45) is 4.81. The molecule has 14 heavy (non-hydrogen) atoms. The molecule has 1 heterocycles. The zero-order valence-electron chi connectivity index (χ0n) is 7.64. The first-order valence-corrected chi connectivity index (χ1v) is 4.62. The van der Waals surface area contributed by atoms with Gasteiger partial charge in [0.05, 0.1) is 6.10 Å². The Morgan fingerprint density at radius 1 is 1.57 bits per heavy atom. The molecule has 4 heteroatoms. The van der Waals surface area contributed by atoms with Gasteiger partial charge in [-0.25, -0.2) is 9.78 Å². The highest BCUT2D eigenvalue weighted by Gasteiger charge is 2.22. The van der Waals surface area contributed by atoms with Gasteiger partial charge in [0, 0.05) is 6.20 Å². The van der Waals surface area contributed by atoms with Crippen LogP contribution in [0.1, 0.15) is 29.8 Å². The SMILES string of the molecule is O=C(O)c1ncccc1OC1CCC1. The lowest BCUT2D eigenvalue weighted by Gasteiger charge is -2.26. The molecule has 74 valence electrons. The summed E-state index contributed by atoms with van der Waals surface area (Å²) in [6.45, 7) is 0. The number of hydrogen-bond acceptors (Lipinski definition) is 3. The third-order valence-electron chi connectivity index (χ3n) is 2.32. The number of carboxylic acids is 1. The van der Waals surface area contributed by atoms with E-state index in [1.54, 1.807) is 12.1 Å². The maximum atomic E-state index is 10.8. The van der Waals surface area contributed by atoms with E-state index in [0.717, 1.165) is 19.3 Å². The van der Waals surface area contributed by atoms with Gasteiger partial charge in [0.2, 0.25) is 0 Å². The second-order valence-corrected chi connectivity index (χ2v) is 3.33. The first kappa shape index (κ1) is 8.99. The second kappa shape index (κ2) is 3.65. The maximum Gasteiger partial charge on any atom is 0.358 e. The van der Waals surface area contributed by atoms with Crippen LogP contribution >= 0.6 is 0 Å². The molecule has 0 amide bonds. The van der Waals surface area contributed by atoms with Crippen molar-refractivity contribution in [2.75, 3.05) is 0 Å². The van der Waals surface area contributed by atoms with E-state index in [2.05, 4.69) is 4.98 Å². The Labute approximate surface area is 81.5 Å². The quantitative estimate of drug-likeness (QED) is 0.793. The van der Waals surface area contributed by atoms with Crippen LogP contribution in [0, 0.1) is 0 Å². The number of rotatable bonds is 3. The van der Waals surface area contributed by atoms with Crippen LogP contribution in [0.2, 0.25) is 0 Å². The Bertz CT molecular complexity index is 347. The van der Waals surface area contributed by atoms with Crippen LogP contribution in [0.5, 0.6) is 5.75 Å². The molecule has 1 aromatic heterocycles. The lowest BCUT2D eigenvalue weighted by atomic mass is 9.96. The Kier molecular flexibility index (Phi) is 2.35. The summed E-state index contributed by atoms with van der Waals surface area (Å²) in [5.74, 6) is -0.662. The molecule has 0 saturated heterocycles. The van der Waals surface area contributed by atoms with Crippen molar-refractivity contribution in [3.63, 3.8) is 0 Å². The molecule has 2 rings (SSSR count). The van der Waals surface area contributed by atoms with Crippen LogP contribution in [0.4, 0.5) is 0 Å². The van der Waals surface area contributed by atoms with Crippen LogP contribution < -0.4 is 4.74 Å². The van der Waals surface area contributed by atoms with Crippen molar-refractivity contribution >= 4 is 5.97 Å². The molecule has 0 atom stereocenters. The fourth-order valence-corrected chi connectivity index (χ4v) is 1.31. The Morgan fingerprint density at radius 3 is 2.93 bits per heavy atom. The summed E-state index contributed by atoms with van der Waals surface area (Å²) in [7, 11) is 0. The molecular weight excluding hydrogens is 182 g/mol. The summed E-state index contributed by atoms with van der Waals surface area (Å²) in [6, 6.07) is 3.33. The molecule has 1 aliphatic rings. The van der Waals surface area contributed by atoms with Gasteiger partial charge in [-0.3, -0.25) is 0 Å². The molecule has 1 saturated carbocycles. The van der Waals surface area contributed by atoms with Gasteiger partial charge in [-0.15, -0.1) is 0 Å². The third-order valence-corrected chi connectivity index (χ3v) is 2.32. The van der Waals surface area contributed by atoms with Gasteiger partial charge in [0.1, 0.15) is 0 Å². The topological polar surface area (TPSA) is 59.4 Å². The zero-order chi connectivity index (χ0) is 9.97. The van der Waals surface area contributed by atoms with E-state index in [1.807, 2.05) is 0 Å².